The van der Waals surface area contributed by atoms with Crippen LogP contribution in [0.25, 0.3) is 0 Å². The van der Waals surface area contributed by atoms with Crippen molar-refractivity contribution in [3.63, 3.8) is 0 Å². The topological polar surface area (TPSA) is 79.0 Å². The lowest BCUT2D eigenvalue weighted by Crippen LogP contribution is -2.37. The van der Waals surface area contributed by atoms with E-state index in [4.69, 9.17) is 27.8 Å². The van der Waals surface area contributed by atoms with Crippen molar-refractivity contribution in [1.29, 1.82) is 0 Å². The lowest BCUT2D eigenvalue weighted by molar-refractivity contribution is 0.0619. The number of nitrogens with two attached hydrogens (primary N) is 1. The largest absolute Gasteiger partial charge is 0.491 e. The predicted octanol–water partition coefficient (Wildman–Crippen LogP) is 0.765. The van der Waals surface area contributed by atoms with Gasteiger partial charge in [0.15, 0.2) is 0 Å². The predicted molar refractivity (Wildman–Crippen MR) is 87.6 cm³/mol. The first kappa shape index (κ1) is 17.8. The Morgan fingerprint density at radius 3 is 2.52 bits per heavy atom. The molecule has 6 heteroatoms. The molecule has 1 atom stereocenters. The SMILES string of the molecule is CCCN(CCO)CC(O)COc1ccc(C(N)=S)cc1. The number of benzene rings is 1. The van der Waals surface area contributed by atoms with E-state index in [0.29, 0.717) is 23.8 Å². The van der Waals surface area contributed by atoms with E-state index in [2.05, 4.69) is 6.92 Å². The van der Waals surface area contributed by atoms with Gasteiger partial charge in [0.05, 0.1) is 6.61 Å². The van der Waals surface area contributed by atoms with Gasteiger partial charge in [0, 0.05) is 18.7 Å². The van der Waals surface area contributed by atoms with Crippen LogP contribution in [0.5, 0.6) is 5.75 Å². The Bertz CT molecular complexity index is 419. The number of aliphatic hydroxyl groups is 2. The summed E-state index contributed by atoms with van der Waals surface area (Å²) in [5, 5.41) is 19.0. The summed E-state index contributed by atoms with van der Waals surface area (Å²) in [7, 11) is 0. The van der Waals surface area contributed by atoms with Gasteiger partial charge >= 0.3 is 0 Å². The molecule has 5 nitrogen and oxygen atoms in total. The molecule has 0 fully saturated rings. The third kappa shape index (κ3) is 6.86. The Morgan fingerprint density at radius 1 is 1.33 bits per heavy atom. The second kappa shape index (κ2) is 9.68. The van der Waals surface area contributed by atoms with Crippen LogP contribution >= 0.6 is 12.2 Å². The Hall–Kier alpha value is -1.21. The molecule has 0 spiro atoms. The van der Waals surface area contributed by atoms with Gasteiger partial charge in [-0.05, 0) is 37.2 Å². The van der Waals surface area contributed by atoms with Crippen molar-refractivity contribution < 1.29 is 14.9 Å². The van der Waals surface area contributed by atoms with Crippen LogP contribution in [0.4, 0.5) is 0 Å². The molecule has 1 rings (SSSR count). The van der Waals surface area contributed by atoms with E-state index < -0.39 is 6.10 Å². The van der Waals surface area contributed by atoms with Gasteiger partial charge in [-0.15, -0.1) is 0 Å². The van der Waals surface area contributed by atoms with Crippen molar-refractivity contribution >= 4 is 17.2 Å². The number of aliphatic hydroxyl groups excluding tert-OH is 2. The smallest absolute Gasteiger partial charge is 0.119 e. The fourth-order valence-corrected chi connectivity index (χ4v) is 2.15. The first-order chi connectivity index (χ1) is 10.1. The van der Waals surface area contributed by atoms with Gasteiger partial charge in [0.2, 0.25) is 0 Å². The highest BCUT2D eigenvalue weighted by atomic mass is 32.1. The molecule has 0 aromatic heterocycles. The molecule has 0 saturated carbocycles. The number of ether oxygens (including phenoxy) is 1. The average Bonchev–Trinajstić information content (AvgIpc) is 2.46. The minimum atomic E-state index is -0.599. The fraction of sp³-hybridized carbons (Fsp3) is 0.533. The molecule has 4 N–H and O–H groups in total. The maximum absolute atomic E-state index is 9.99. The molecule has 0 heterocycles. The molecule has 21 heavy (non-hydrogen) atoms. The highest BCUT2D eigenvalue weighted by molar-refractivity contribution is 7.80. The monoisotopic (exact) mass is 312 g/mol. The van der Waals surface area contributed by atoms with Crippen molar-refractivity contribution in [3.8, 4) is 5.75 Å². The van der Waals surface area contributed by atoms with E-state index in [-0.39, 0.29) is 13.2 Å². The Labute approximate surface area is 131 Å². The maximum atomic E-state index is 9.99. The zero-order valence-corrected chi connectivity index (χ0v) is 13.2. The second-order valence-corrected chi connectivity index (χ2v) is 5.32. The third-order valence-electron chi connectivity index (χ3n) is 3.01. The van der Waals surface area contributed by atoms with Crippen molar-refractivity contribution in [3.05, 3.63) is 29.8 Å². The Morgan fingerprint density at radius 2 is 2.00 bits per heavy atom. The molecule has 1 aromatic rings. The number of rotatable bonds is 10. The molecule has 0 amide bonds. The summed E-state index contributed by atoms with van der Waals surface area (Å²) in [6.07, 6.45) is 0.381. The van der Waals surface area contributed by atoms with Crippen LogP contribution in [0.15, 0.2) is 24.3 Å². The highest BCUT2D eigenvalue weighted by Crippen LogP contribution is 2.12. The van der Waals surface area contributed by atoms with Gasteiger partial charge < -0.3 is 20.7 Å². The van der Waals surface area contributed by atoms with Crippen LogP contribution in [0.2, 0.25) is 0 Å². The summed E-state index contributed by atoms with van der Waals surface area (Å²) in [6.45, 7) is 4.26. The van der Waals surface area contributed by atoms with E-state index in [1.165, 1.54) is 0 Å². The van der Waals surface area contributed by atoms with Crippen LogP contribution in [0, 0.1) is 0 Å². The van der Waals surface area contributed by atoms with Gasteiger partial charge in [-0.1, -0.05) is 19.1 Å². The van der Waals surface area contributed by atoms with E-state index in [9.17, 15) is 5.11 Å². The van der Waals surface area contributed by atoms with Crippen LogP contribution in [-0.2, 0) is 0 Å². The number of nitrogens with zero attached hydrogens (tertiary/aromatic N) is 1. The summed E-state index contributed by atoms with van der Waals surface area (Å²) >= 11 is 4.88. The molecular weight excluding hydrogens is 288 g/mol. The summed E-state index contributed by atoms with van der Waals surface area (Å²) in [5.41, 5.74) is 6.31. The summed E-state index contributed by atoms with van der Waals surface area (Å²) < 4.78 is 5.54. The fourth-order valence-electron chi connectivity index (χ4n) is 2.01. The van der Waals surface area contributed by atoms with Gasteiger partial charge in [-0.25, -0.2) is 0 Å². The van der Waals surface area contributed by atoms with E-state index in [0.717, 1.165) is 18.5 Å². The van der Waals surface area contributed by atoms with Gasteiger partial charge in [-0.3, -0.25) is 4.90 Å². The van der Waals surface area contributed by atoms with Crippen molar-refractivity contribution in [1.82, 2.24) is 4.90 Å². The lowest BCUT2D eigenvalue weighted by Gasteiger charge is -2.23. The lowest BCUT2D eigenvalue weighted by atomic mass is 10.2. The van der Waals surface area contributed by atoms with Gasteiger partial charge in [-0.2, -0.15) is 0 Å². The van der Waals surface area contributed by atoms with Crippen molar-refractivity contribution in [2.45, 2.75) is 19.4 Å². The zero-order valence-electron chi connectivity index (χ0n) is 12.4. The van der Waals surface area contributed by atoms with E-state index in [1.54, 1.807) is 24.3 Å². The van der Waals surface area contributed by atoms with Crippen molar-refractivity contribution in [2.75, 3.05) is 32.8 Å². The van der Waals surface area contributed by atoms with Crippen molar-refractivity contribution in [2.24, 2.45) is 5.73 Å². The molecule has 1 aromatic carbocycles. The minimum Gasteiger partial charge on any atom is -0.491 e. The number of hydrogen-bond donors (Lipinski definition) is 3. The molecule has 0 aliphatic rings. The average molecular weight is 312 g/mol. The van der Waals surface area contributed by atoms with E-state index >= 15 is 0 Å². The molecule has 118 valence electrons. The van der Waals surface area contributed by atoms with Crippen LogP contribution in [-0.4, -0.2) is 59.1 Å². The van der Waals surface area contributed by atoms with Crippen LogP contribution in [0.3, 0.4) is 0 Å². The number of thiocarbonyl (C=S) groups is 1. The van der Waals surface area contributed by atoms with Crippen LogP contribution < -0.4 is 10.5 Å². The molecule has 0 aliphatic heterocycles. The summed E-state index contributed by atoms with van der Waals surface area (Å²) in [5.74, 6) is 0.665. The van der Waals surface area contributed by atoms with E-state index in [1.807, 2.05) is 4.90 Å². The quantitative estimate of drug-likeness (QED) is 0.554. The first-order valence-electron chi connectivity index (χ1n) is 7.10. The summed E-state index contributed by atoms with van der Waals surface area (Å²) in [6, 6.07) is 7.13. The normalized spacial score (nSPS) is 12.4. The highest BCUT2D eigenvalue weighted by Gasteiger charge is 2.11. The van der Waals surface area contributed by atoms with Gasteiger partial charge in [0.25, 0.3) is 0 Å². The minimum absolute atomic E-state index is 0.0913. The molecule has 0 aliphatic carbocycles. The Balaban J connectivity index is 2.40. The first-order valence-corrected chi connectivity index (χ1v) is 7.51. The Kier molecular flexibility index (Phi) is 8.22. The molecule has 0 bridgehead atoms. The summed E-state index contributed by atoms with van der Waals surface area (Å²) in [4.78, 5) is 2.37. The standard InChI is InChI=1S/C15H24N2O3S/c1-2-7-17(8-9-18)10-13(19)11-20-14-5-3-12(4-6-14)15(16)21/h3-6,13,18-19H,2,7-11H2,1H3,(H2,16,21). The zero-order chi connectivity index (χ0) is 15.7. The molecular formula is C15H24N2O3S. The van der Waals surface area contributed by atoms with Gasteiger partial charge in [0.1, 0.15) is 23.4 Å². The number of hydrogen-bond acceptors (Lipinski definition) is 5. The molecule has 0 radical (unpaired) electrons. The second-order valence-electron chi connectivity index (χ2n) is 4.88. The van der Waals surface area contributed by atoms with Crippen LogP contribution in [0.1, 0.15) is 18.9 Å². The molecule has 0 saturated heterocycles. The third-order valence-corrected chi connectivity index (χ3v) is 3.24. The maximum Gasteiger partial charge on any atom is 0.119 e. The molecule has 1 unspecified atom stereocenters.